The van der Waals surface area contributed by atoms with Crippen molar-refractivity contribution in [2.75, 3.05) is 10.7 Å². The van der Waals surface area contributed by atoms with Crippen molar-refractivity contribution in [3.05, 3.63) is 90.0 Å². The first-order valence-electron chi connectivity index (χ1n) is 11.0. The van der Waals surface area contributed by atoms with E-state index in [9.17, 15) is 13.2 Å². The standard InChI is InChI=1S/C26H26N2O3S2/c1-2-21-13-9-16-23-25(21)27-26(32-23)28(19-20-11-5-3-6-12-20)24(29)17-10-18-33(30,31)22-14-7-4-8-15-22/h3-9,11-16H,2,10,17-19H2,1H3. The number of rotatable bonds is 9. The van der Waals surface area contributed by atoms with Crippen molar-refractivity contribution in [3.63, 3.8) is 0 Å². The number of aromatic nitrogens is 1. The summed E-state index contributed by atoms with van der Waals surface area (Å²) in [6.07, 6.45) is 1.26. The minimum absolute atomic E-state index is 0.0677. The number of fused-ring (bicyclic) bond motifs is 1. The van der Waals surface area contributed by atoms with Crippen LogP contribution in [0, 0.1) is 0 Å². The van der Waals surface area contributed by atoms with Crippen LogP contribution in [0.2, 0.25) is 0 Å². The van der Waals surface area contributed by atoms with E-state index in [2.05, 4.69) is 13.0 Å². The van der Waals surface area contributed by atoms with Crippen molar-refractivity contribution in [2.45, 2.75) is 37.6 Å². The number of hydrogen-bond donors (Lipinski definition) is 0. The molecule has 1 aromatic heterocycles. The highest BCUT2D eigenvalue weighted by molar-refractivity contribution is 7.91. The number of benzene rings is 3. The second kappa shape index (κ2) is 10.3. The molecule has 0 radical (unpaired) electrons. The fourth-order valence-corrected chi connectivity index (χ4v) is 6.08. The lowest BCUT2D eigenvalue weighted by Crippen LogP contribution is -2.30. The Bertz CT molecular complexity index is 1330. The van der Waals surface area contributed by atoms with Gasteiger partial charge in [-0.3, -0.25) is 9.69 Å². The Labute approximate surface area is 198 Å². The Morgan fingerprint density at radius 3 is 2.33 bits per heavy atom. The predicted molar refractivity (Wildman–Crippen MR) is 134 cm³/mol. The third-order valence-electron chi connectivity index (χ3n) is 5.49. The summed E-state index contributed by atoms with van der Waals surface area (Å²) in [6, 6.07) is 24.2. The van der Waals surface area contributed by atoms with Gasteiger partial charge in [0.05, 0.1) is 27.4 Å². The minimum atomic E-state index is -3.42. The summed E-state index contributed by atoms with van der Waals surface area (Å²) in [5.41, 5.74) is 3.08. The van der Waals surface area contributed by atoms with E-state index in [1.807, 2.05) is 42.5 Å². The molecule has 0 bridgehead atoms. The number of aryl methyl sites for hydroxylation is 1. The maximum atomic E-state index is 13.3. The summed E-state index contributed by atoms with van der Waals surface area (Å²) in [6.45, 7) is 2.49. The molecule has 3 aromatic carbocycles. The van der Waals surface area contributed by atoms with Crippen LogP contribution in [0.15, 0.2) is 83.8 Å². The first kappa shape index (κ1) is 23.1. The van der Waals surface area contributed by atoms with E-state index in [0.29, 0.717) is 11.7 Å². The lowest BCUT2D eigenvalue weighted by molar-refractivity contribution is -0.118. The molecule has 0 saturated carbocycles. The summed E-state index contributed by atoms with van der Waals surface area (Å²) in [5.74, 6) is -0.193. The van der Waals surface area contributed by atoms with Crippen LogP contribution in [0.25, 0.3) is 10.2 Å². The maximum Gasteiger partial charge on any atom is 0.229 e. The number of sulfone groups is 1. The smallest absolute Gasteiger partial charge is 0.229 e. The molecule has 7 heteroatoms. The first-order valence-corrected chi connectivity index (χ1v) is 13.5. The number of nitrogens with zero attached hydrogens (tertiary/aromatic N) is 2. The molecule has 0 unspecified atom stereocenters. The molecule has 1 amide bonds. The predicted octanol–water partition coefficient (Wildman–Crippen LogP) is 5.65. The van der Waals surface area contributed by atoms with E-state index < -0.39 is 9.84 Å². The van der Waals surface area contributed by atoms with Crippen molar-refractivity contribution in [1.82, 2.24) is 4.98 Å². The summed E-state index contributed by atoms with van der Waals surface area (Å²) >= 11 is 1.49. The highest BCUT2D eigenvalue weighted by atomic mass is 32.2. The molecule has 0 aliphatic rings. The van der Waals surface area contributed by atoms with Gasteiger partial charge in [-0.25, -0.2) is 13.4 Å². The number of carbonyl (C=O) groups is 1. The number of carbonyl (C=O) groups excluding carboxylic acids is 1. The second-order valence-electron chi connectivity index (χ2n) is 7.81. The van der Waals surface area contributed by atoms with Gasteiger partial charge in [0.25, 0.3) is 0 Å². The normalized spacial score (nSPS) is 11.5. The van der Waals surface area contributed by atoms with Gasteiger partial charge in [0.15, 0.2) is 15.0 Å². The zero-order valence-corrected chi connectivity index (χ0v) is 20.1. The van der Waals surface area contributed by atoms with Crippen molar-refractivity contribution < 1.29 is 13.2 Å². The number of hydrogen-bond acceptors (Lipinski definition) is 5. The van der Waals surface area contributed by atoms with Crippen LogP contribution in [-0.2, 0) is 27.6 Å². The van der Waals surface area contributed by atoms with Crippen molar-refractivity contribution in [1.29, 1.82) is 0 Å². The van der Waals surface area contributed by atoms with Gasteiger partial charge in [-0.05, 0) is 42.2 Å². The van der Waals surface area contributed by atoms with E-state index in [4.69, 9.17) is 4.98 Å². The molecule has 0 N–H and O–H groups in total. The summed E-state index contributed by atoms with van der Waals surface area (Å²) in [7, 11) is -3.42. The van der Waals surface area contributed by atoms with E-state index in [1.54, 1.807) is 35.2 Å². The van der Waals surface area contributed by atoms with Crippen LogP contribution in [-0.4, -0.2) is 25.1 Å². The third kappa shape index (κ3) is 5.49. The molecule has 0 aliphatic carbocycles. The Morgan fingerprint density at radius 1 is 0.939 bits per heavy atom. The molecular weight excluding hydrogens is 452 g/mol. The van der Waals surface area contributed by atoms with E-state index >= 15 is 0 Å². The molecule has 4 rings (SSSR count). The SMILES string of the molecule is CCc1cccc2sc(N(Cc3ccccc3)C(=O)CCCS(=O)(=O)c3ccccc3)nc12. The highest BCUT2D eigenvalue weighted by Crippen LogP contribution is 2.32. The molecule has 0 spiro atoms. The number of amides is 1. The molecule has 0 atom stereocenters. The van der Waals surface area contributed by atoms with Gasteiger partial charge in [-0.15, -0.1) is 0 Å². The van der Waals surface area contributed by atoms with Gasteiger partial charge < -0.3 is 0 Å². The maximum absolute atomic E-state index is 13.3. The summed E-state index contributed by atoms with van der Waals surface area (Å²) < 4.78 is 26.2. The van der Waals surface area contributed by atoms with Crippen LogP contribution in [0.3, 0.4) is 0 Å². The highest BCUT2D eigenvalue weighted by Gasteiger charge is 2.22. The molecule has 0 fully saturated rings. The molecule has 1 heterocycles. The van der Waals surface area contributed by atoms with Gasteiger partial charge in [-0.1, -0.05) is 78.9 Å². The molecule has 170 valence electrons. The molecule has 5 nitrogen and oxygen atoms in total. The zero-order chi connectivity index (χ0) is 23.3. The van der Waals surface area contributed by atoms with Crippen LogP contribution < -0.4 is 4.90 Å². The Balaban J connectivity index is 1.55. The minimum Gasteiger partial charge on any atom is -0.284 e. The van der Waals surface area contributed by atoms with Gasteiger partial charge in [0.1, 0.15) is 0 Å². The van der Waals surface area contributed by atoms with Gasteiger partial charge in [0, 0.05) is 6.42 Å². The average Bonchev–Trinajstić information content (AvgIpc) is 3.27. The third-order valence-corrected chi connectivity index (χ3v) is 8.35. The lowest BCUT2D eigenvalue weighted by Gasteiger charge is -2.20. The lowest BCUT2D eigenvalue weighted by atomic mass is 10.1. The first-order chi connectivity index (χ1) is 16.0. The van der Waals surface area contributed by atoms with Crippen LogP contribution in [0.1, 0.15) is 30.9 Å². The molecule has 33 heavy (non-hydrogen) atoms. The monoisotopic (exact) mass is 478 g/mol. The average molecular weight is 479 g/mol. The number of para-hydroxylation sites is 1. The largest absolute Gasteiger partial charge is 0.284 e. The van der Waals surface area contributed by atoms with Crippen molar-refractivity contribution in [3.8, 4) is 0 Å². The number of thiazole rings is 1. The summed E-state index contributed by atoms with van der Waals surface area (Å²) in [4.78, 5) is 20.1. The van der Waals surface area contributed by atoms with E-state index in [1.165, 1.54) is 11.3 Å². The fraction of sp³-hybridized carbons (Fsp3) is 0.231. The Hall–Kier alpha value is -3.03. The molecular formula is C26H26N2O3S2. The Kier molecular flexibility index (Phi) is 7.20. The quantitative estimate of drug-likeness (QED) is 0.312. The van der Waals surface area contributed by atoms with E-state index in [0.717, 1.165) is 27.8 Å². The van der Waals surface area contributed by atoms with E-state index in [-0.39, 0.29) is 29.4 Å². The second-order valence-corrected chi connectivity index (χ2v) is 10.9. The summed E-state index contributed by atoms with van der Waals surface area (Å²) in [5, 5.41) is 0.644. The topological polar surface area (TPSA) is 67.3 Å². The molecule has 0 saturated heterocycles. The molecule has 4 aromatic rings. The Morgan fingerprint density at radius 2 is 1.64 bits per heavy atom. The van der Waals surface area contributed by atoms with Crippen molar-refractivity contribution >= 4 is 42.4 Å². The van der Waals surface area contributed by atoms with Crippen LogP contribution >= 0.6 is 11.3 Å². The van der Waals surface area contributed by atoms with Gasteiger partial charge in [0.2, 0.25) is 5.91 Å². The fourth-order valence-electron chi connectivity index (χ4n) is 3.72. The number of anilines is 1. The van der Waals surface area contributed by atoms with Crippen LogP contribution in [0.4, 0.5) is 5.13 Å². The van der Waals surface area contributed by atoms with Gasteiger partial charge in [-0.2, -0.15) is 0 Å². The van der Waals surface area contributed by atoms with Gasteiger partial charge >= 0.3 is 0 Å². The van der Waals surface area contributed by atoms with Crippen molar-refractivity contribution in [2.24, 2.45) is 0 Å². The van der Waals surface area contributed by atoms with Crippen LogP contribution in [0.5, 0.6) is 0 Å². The molecule has 0 aliphatic heterocycles. The zero-order valence-electron chi connectivity index (χ0n) is 18.5.